The predicted octanol–water partition coefficient (Wildman–Crippen LogP) is 2.36. The van der Waals surface area contributed by atoms with Crippen molar-refractivity contribution in [3.63, 3.8) is 0 Å². The zero-order chi connectivity index (χ0) is 11.8. The molecule has 1 heterocycles. The van der Waals surface area contributed by atoms with E-state index in [0.717, 1.165) is 25.9 Å². The van der Waals surface area contributed by atoms with Crippen molar-refractivity contribution in [1.29, 1.82) is 0 Å². The van der Waals surface area contributed by atoms with Crippen LogP contribution in [0.15, 0.2) is 0 Å². The zero-order valence-corrected chi connectivity index (χ0v) is 10.4. The van der Waals surface area contributed by atoms with Gasteiger partial charge in [0.25, 0.3) is 0 Å². The average Bonchev–Trinajstić information content (AvgIpc) is 2.97. The summed E-state index contributed by atoms with van der Waals surface area (Å²) in [5.41, 5.74) is 0.555. The van der Waals surface area contributed by atoms with Crippen LogP contribution >= 0.6 is 0 Å². The standard InChI is InChI=1S/C13H23NO2/c1-10(13(2)5-6-13)14-7-3-11(4-8-14)9-12(15)16/h10-11H,3-9H2,1-2H3,(H,15,16). The van der Waals surface area contributed by atoms with Crippen LogP contribution in [0.1, 0.15) is 46.0 Å². The Bertz CT molecular complexity index is 265. The monoisotopic (exact) mass is 225 g/mol. The SMILES string of the molecule is CC(N1CCC(CC(=O)O)CC1)C1(C)CC1. The number of nitrogens with zero attached hydrogens (tertiary/aromatic N) is 1. The van der Waals surface area contributed by atoms with E-state index < -0.39 is 5.97 Å². The molecule has 0 radical (unpaired) electrons. The molecule has 0 aromatic rings. The Labute approximate surface area is 97.8 Å². The maximum Gasteiger partial charge on any atom is 0.303 e. The normalized spacial score (nSPS) is 27.6. The van der Waals surface area contributed by atoms with Crippen molar-refractivity contribution in [2.75, 3.05) is 13.1 Å². The number of carboxylic acids is 1. The minimum Gasteiger partial charge on any atom is -0.481 e. The van der Waals surface area contributed by atoms with Crippen LogP contribution in [0.2, 0.25) is 0 Å². The van der Waals surface area contributed by atoms with Gasteiger partial charge in [0, 0.05) is 12.5 Å². The highest BCUT2D eigenvalue weighted by Crippen LogP contribution is 2.50. The predicted molar refractivity (Wildman–Crippen MR) is 63.4 cm³/mol. The summed E-state index contributed by atoms with van der Waals surface area (Å²) in [6, 6.07) is 0.679. The fourth-order valence-electron chi connectivity index (χ4n) is 2.85. The lowest BCUT2D eigenvalue weighted by Gasteiger charge is -2.38. The summed E-state index contributed by atoms with van der Waals surface area (Å²) in [5, 5.41) is 8.77. The topological polar surface area (TPSA) is 40.5 Å². The lowest BCUT2D eigenvalue weighted by atomic mass is 9.90. The minimum atomic E-state index is -0.638. The molecule has 0 aromatic carbocycles. The van der Waals surface area contributed by atoms with Gasteiger partial charge in [-0.05, 0) is 57.0 Å². The molecule has 1 atom stereocenters. The van der Waals surface area contributed by atoms with Gasteiger partial charge in [0.1, 0.15) is 0 Å². The molecule has 1 unspecified atom stereocenters. The van der Waals surface area contributed by atoms with Crippen molar-refractivity contribution >= 4 is 5.97 Å². The van der Waals surface area contributed by atoms with Gasteiger partial charge in [-0.25, -0.2) is 0 Å². The molecule has 1 N–H and O–H groups in total. The molecule has 92 valence electrons. The molecule has 3 nitrogen and oxygen atoms in total. The first-order chi connectivity index (χ1) is 7.51. The highest BCUT2D eigenvalue weighted by atomic mass is 16.4. The van der Waals surface area contributed by atoms with Crippen molar-refractivity contribution in [3.8, 4) is 0 Å². The van der Waals surface area contributed by atoms with Crippen molar-refractivity contribution in [1.82, 2.24) is 4.90 Å². The molecule has 2 fully saturated rings. The van der Waals surface area contributed by atoms with Gasteiger partial charge in [-0.2, -0.15) is 0 Å². The lowest BCUT2D eigenvalue weighted by molar-refractivity contribution is -0.138. The van der Waals surface area contributed by atoms with E-state index in [1.807, 2.05) is 0 Å². The van der Waals surface area contributed by atoms with Crippen LogP contribution in [0.5, 0.6) is 0 Å². The number of hydrogen-bond acceptors (Lipinski definition) is 2. The second kappa shape index (κ2) is 4.36. The van der Waals surface area contributed by atoms with E-state index in [9.17, 15) is 4.79 Å². The molecular weight excluding hydrogens is 202 g/mol. The summed E-state index contributed by atoms with van der Waals surface area (Å²) in [6.45, 7) is 6.90. The van der Waals surface area contributed by atoms with E-state index in [4.69, 9.17) is 5.11 Å². The van der Waals surface area contributed by atoms with Gasteiger partial charge in [-0.1, -0.05) is 6.92 Å². The quantitative estimate of drug-likeness (QED) is 0.798. The maximum absolute atomic E-state index is 10.6. The Morgan fingerprint density at radius 2 is 2.00 bits per heavy atom. The third-order valence-corrected chi connectivity index (χ3v) is 4.71. The number of carbonyl (C=O) groups is 1. The van der Waals surface area contributed by atoms with E-state index >= 15 is 0 Å². The number of hydrogen-bond donors (Lipinski definition) is 1. The first kappa shape index (κ1) is 11.9. The number of carboxylic acid groups (broad SMARTS) is 1. The van der Waals surface area contributed by atoms with Gasteiger partial charge < -0.3 is 10.0 Å². The van der Waals surface area contributed by atoms with E-state index in [1.165, 1.54) is 12.8 Å². The molecule has 3 heteroatoms. The lowest BCUT2D eigenvalue weighted by Crippen LogP contribution is -2.44. The fourth-order valence-corrected chi connectivity index (χ4v) is 2.85. The van der Waals surface area contributed by atoms with Gasteiger partial charge in [-0.15, -0.1) is 0 Å². The highest BCUT2D eigenvalue weighted by Gasteiger charge is 2.45. The molecule has 1 aliphatic heterocycles. The average molecular weight is 225 g/mol. The third kappa shape index (κ3) is 2.57. The molecular formula is C13H23NO2. The number of aliphatic carboxylic acids is 1. The second-order valence-corrected chi connectivity index (χ2v) is 5.91. The van der Waals surface area contributed by atoms with Gasteiger partial charge in [0.2, 0.25) is 0 Å². The minimum absolute atomic E-state index is 0.361. The smallest absolute Gasteiger partial charge is 0.303 e. The van der Waals surface area contributed by atoms with Crippen LogP contribution in [0.4, 0.5) is 0 Å². The van der Waals surface area contributed by atoms with Crippen molar-refractivity contribution in [2.45, 2.75) is 52.0 Å². The summed E-state index contributed by atoms with van der Waals surface area (Å²) in [4.78, 5) is 13.2. The van der Waals surface area contributed by atoms with E-state index in [2.05, 4.69) is 18.7 Å². The number of rotatable bonds is 4. The fraction of sp³-hybridized carbons (Fsp3) is 0.923. The summed E-state index contributed by atoms with van der Waals surface area (Å²) in [7, 11) is 0. The number of piperidine rings is 1. The van der Waals surface area contributed by atoms with Crippen molar-refractivity contribution < 1.29 is 9.90 Å². The van der Waals surface area contributed by atoms with Gasteiger partial charge >= 0.3 is 5.97 Å². The Morgan fingerprint density at radius 1 is 1.44 bits per heavy atom. The van der Waals surface area contributed by atoms with E-state index in [0.29, 0.717) is 23.8 Å². The van der Waals surface area contributed by atoms with Crippen LogP contribution < -0.4 is 0 Å². The first-order valence-corrected chi connectivity index (χ1v) is 6.47. The Kier molecular flexibility index (Phi) is 3.24. The molecule has 0 amide bonds. The zero-order valence-electron chi connectivity index (χ0n) is 10.4. The summed E-state index contributed by atoms with van der Waals surface area (Å²) in [5.74, 6) is -0.228. The molecule has 0 bridgehead atoms. The van der Waals surface area contributed by atoms with Crippen LogP contribution in [-0.2, 0) is 4.79 Å². The summed E-state index contributed by atoms with van der Waals surface area (Å²) >= 11 is 0. The molecule has 2 aliphatic rings. The van der Waals surface area contributed by atoms with Crippen molar-refractivity contribution in [3.05, 3.63) is 0 Å². The van der Waals surface area contributed by atoms with Gasteiger partial charge in [0.05, 0.1) is 0 Å². The summed E-state index contributed by atoms with van der Waals surface area (Å²) < 4.78 is 0. The maximum atomic E-state index is 10.6. The van der Waals surface area contributed by atoms with Gasteiger partial charge in [-0.3, -0.25) is 4.79 Å². The second-order valence-electron chi connectivity index (χ2n) is 5.91. The molecule has 2 rings (SSSR count). The largest absolute Gasteiger partial charge is 0.481 e. The molecule has 0 aromatic heterocycles. The first-order valence-electron chi connectivity index (χ1n) is 6.47. The Morgan fingerprint density at radius 3 is 2.44 bits per heavy atom. The van der Waals surface area contributed by atoms with E-state index in [-0.39, 0.29) is 0 Å². The van der Waals surface area contributed by atoms with Gasteiger partial charge in [0.15, 0.2) is 0 Å². The Balaban J connectivity index is 1.78. The Hall–Kier alpha value is -0.570. The van der Waals surface area contributed by atoms with Crippen LogP contribution in [0.25, 0.3) is 0 Å². The molecule has 1 saturated carbocycles. The highest BCUT2D eigenvalue weighted by molar-refractivity contribution is 5.67. The van der Waals surface area contributed by atoms with Crippen LogP contribution in [0.3, 0.4) is 0 Å². The van der Waals surface area contributed by atoms with Crippen molar-refractivity contribution in [2.24, 2.45) is 11.3 Å². The molecule has 0 spiro atoms. The molecule has 16 heavy (non-hydrogen) atoms. The number of likely N-dealkylation sites (tertiary alicyclic amines) is 1. The molecule has 1 aliphatic carbocycles. The molecule has 1 saturated heterocycles. The van der Waals surface area contributed by atoms with Crippen LogP contribution in [-0.4, -0.2) is 35.1 Å². The third-order valence-electron chi connectivity index (χ3n) is 4.71. The summed E-state index contributed by atoms with van der Waals surface area (Å²) in [6.07, 6.45) is 5.21. The van der Waals surface area contributed by atoms with Crippen LogP contribution in [0, 0.1) is 11.3 Å². The van der Waals surface area contributed by atoms with E-state index in [1.54, 1.807) is 0 Å².